The zero-order valence-corrected chi connectivity index (χ0v) is 16.1. The second-order valence-corrected chi connectivity index (χ2v) is 7.29. The number of hydrogen-bond donors (Lipinski definition) is 1. The van der Waals surface area contributed by atoms with Gasteiger partial charge in [-0.15, -0.1) is 0 Å². The molecule has 1 fully saturated rings. The topological polar surface area (TPSA) is 75.7 Å². The Bertz CT molecular complexity index is 913. The van der Waals surface area contributed by atoms with Crippen molar-refractivity contribution in [3.8, 4) is 0 Å². The summed E-state index contributed by atoms with van der Waals surface area (Å²) in [5, 5.41) is 3.14. The van der Waals surface area contributed by atoms with E-state index in [0.29, 0.717) is 5.76 Å². The zero-order chi connectivity index (χ0) is 20.1. The van der Waals surface area contributed by atoms with Crippen molar-refractivity contribution in [3.63, 3.8) is 0 Å². The number of hydrogen-bond acceptors (Lipinski definition) is 4. The lowest BCUT2D eigenvalue weighted by atomic mass is 10.0. The van der Waals surface area contributed by atoms with E-state index in [4.69, 9.17) is 8.83 Å². The molecule has 1 saturated carbocycles. The van der Waals surface area contributed by atoms with Crippen LogP contribution in [0.15, 0.2) is 76.0 Å². The molecule has 0 saturated heterocycles. The standard InChI is InChI=1S/C23H24N2O4/c26-22(24-18-10-4-5-11-18)21(17-8-2-1-3-9-17)25(16-19-12-6-14-28-19)23(27)20-13-7-15-29-20/h1-3,6-9,12-15,18,21H,4-5,10-11,16H2,(H,24,26)/t21-/m1/s1. The van der Waals surface area contributed by atoms with Crippen molar-refractivity contribution >= 4 is 11.8 Å². The first-order valence-electron chi connectivity index (χ1n) is 9.94. The first kappa shape index (κ1) is 19.1. The molecule has 0 radical (unpaired) electrons. The fraction of sp³-hybridized carbons (Fsp3) is 0.304. The molecular weight excluding hydrogens is 368 g/mol. The predicted molar refractivity (Wildman–Crippen MR) is 107 cm³/mol. The molecule has 1 aromatic carbocycles. The molecule has 1 atom stereocenters. The molecule has 0 bridgehead atoms. The Morgan fingerprint density at radius 1 is 0.966 bits per heavy atom. The Hall–Kier alpha value is -3.28. The molecule has 0 unspecified atom stereocenters. The Balaban J connectivity index is 1.70. The van der Waals surface area contributed by atoms with Gasteiger partial charge in [0.15, 0.2) is 5.76 Å². The highest BCUT2D eigenvalue weighted by molar-refractivity contribution is 5.96. The monoisotopic (exact) mass is 392 g/mol. The second-order valence-electron chi connectivity index (χ2n) is 7.29. The van der Waals surface area contributed by atoms with Crippen LogP contribution in [-0.2, 0) is 11.3 Å². The van der Waals surface area contributed by atoms with E-state index in [-0.39, 0.29) is 30.2 Å². The third-order valence-electron chi connectivity index (χ3n) is 5.28. The van der Waals surface area contributed by atoms with E-state index in [0.717, 1.165) is 31.2 Å². The largest absolute Gasteiger partial charge is 0.467 e. The Labute approximate surface area is 169 Å². The summed E-state index contributed by atoms with van der Waals surface area (Å²) in [6.07, 6.45) is 7.18. The molecule has 2 amide bonds. The summed E-state index contributed by atoms with van der Waals surface area (Å²) in [6, 6.07) is 15.5. The van der Waals surface area contributed by atoms with Gasteiger partial charge in [0.25, 0.3) is 5.91 Å². The average Bonchev–Trinajstić information content (AvgIpc) is 3.51. The maximum absolute atomic E-state index is 13.4. The fourth-order valence-electron chi connectivity index (χ4n) is 3.85. The van der Waals surface area contributed by atoms with Crippen LogP contribution < -0.4 is 5.32 Å². The van der Waals surface area contributed by atoms with Crippen LogP contribution in [-0.4, -0.2) is 22.8 Å². The van der Waals surface area contributed by atoms with Gasteiger partial charge in [-0.25, -0.2) is 0 Å². The molecular formula is C23H24N2O4. The fourth-order valence-corrected chi connectivity index (χ4v) is 3.85. The molecule has 6 heteroatoms. The Morgan fingerprint density at radius 2 is 1.69 bits per heavy atom. The molecule has 4 rings (SSSR count). The molecule has 150 valence electrons. The smallest absolute Gasteiger partial charge is 0.290 e. The summed E-state index contributed by atoms with van der Waals surface area (Å²) in [5.41, 5.74) is 0.745. The van der Waals surface area contributed by atoms with Crippen LogP contribution in [0.3, 0.4) is 0 Å². The van der Waals surface area contributed by atoms with Crippen molar-refractivity contribution in [2.45, 2.75) is 44.3 Å². The normalized spacial score (nSPS) is 15.2. The highest BCUT2D eigenvalue weighted by atomic mass is 16.3. The summed E-state index contributed by atoms with van der Waals surface area (Å²) in [7, 11) is 0. The van der Waals surface area contributed by atoms with E-state index in [1.807, 2.05) is 30.3 Å². The summed E-state index contributed by atoms with van der Waals surface area (Å²) >= 11 is 0. The Morgan fingerprint density at radius 3 is 2.34 bits per heavy atom. The van der Waals surface area contributed by atoms with Gasteiger partial charge in [-0.05, 0) is 42.7 Å². The highest BCUT2D eigenvalue weighted by Gasteiger charge is 2.35. The minimum absolute atomic E-state index is 0.151. The number of rotatable bonds is 7. The number of benzene rings is 1. The van der Waals surface area contributed by atoms with Gasteiger partial charge in [0.1, 0.15) is 11.8 Å². The summed E-state index contributed by atoms with van der Waals surface area (Å²) in [6.45, 7) is 0.157. The summed E-state index contributed by atoms with van der Waals surface area (Å²) in [5.74, 6) is 0.238. The minimum atomic E-state index is -0.792. The quantitative estimate of drug-likeness (QED) is 0.650. The van der Waals surface area contributed by atoms with Crippen LogP contribution in [0.4, 0.5) is 0 Å². The zero-order valence-electron chi connectivity index (χ0n) is 16.1. The SMILES string of the molecule is O=C(NC1CCCC1)[C@@H](c1ccccc1)N(Cc1ccco1)C(=O)c1ccco1. The third kappa shape index (κ3) is 4.42. The lowest BCUT2D eigenvalue weighted by molar-refractivity contribution is -0.126. The van der Waals surface area contributed by atoms with E-state index >= 15 is 0 Å². The first-order valence-corrected chi connectivity index (χ1v) is 9.94. The van der Waals surface area contributed by atoms with Crippen molar-refractivity contribution in [1.29, 1.82) is 0 Å². The van der Waals surface area contributed by atoms with E-state index in [9.17, 15) is 9.59 Å². The van der Waals surface area contributed by atoms with Crippen molar-refractivity contribution in [2.24, 2.45) is 0 Å². The Kier molecular flexibility index (Phi) is 5.79. The van der Waals surface area contributed by atoms with Crippen molar-refractivity contribution < 1.29 is 18.4 Å². The number of nitrogens with one attached hydrogen (secondary N) is 1. The molecule has 29 heavy (non-hydrogen) atoms. The molecule has 0 spiro atoms. The van der Waals surface area contributed by atoms with Crippen LogP contribution in [0, 0.1) is 0 Å². The van der Waals surface area contributed by atoms with E-state index in [2.05, 4.69) is 5.32 Å². The molecule has 2 heterocycles. The maximum atomic E-state index is 13.4. The van der Waals surface area contributed by atoms with Crippen LogP contribution >= 0.6 is 0 Å². The molecule has 1 N–H and O–H groups in total. The number of furan rings is 2. The van der Waals surface area contributed by atoms with Gasteiger partial charge in [-0.2, -0.15) is 0 Å². The highest BCUT2D eigenvalue weighted by Crippen LogP contribution is 2.27. The molecule has 3 aromatic rings. The third-order valence-corrected chi connectivity index (χ3v) is 5.28. The van der Waals surface area contributed by atoms with Crippen molar-refractivity contribution in [2.75, 3.05) is 0 Å². The first-order chi connectivity index (χ1) is 14.2. The van der Waals surface area contributed by atoms with Gasteiger partial charge >= 0.3 is 0 Å². The van der Waals surface area contributed by atoms with Crippen LogP contribution in [0.1, 0.15) is 53.6 Å². The van der Waals surface area contributed by atoms with Gasteiger partial charge in [0.2, 0.25) is 5.91 Å². The lowest BCUT2D eigenvalue weighted by Crippen LogP contribution is -2.45. The second kappa shape index (κ2) is 8.82. The van der Waals surface area contributed by atoms with Crippen LogP contribution in [0.5, 0.6) is 0 Å². The summed E-state index contributed by atoms with van der Waals surface area (Å²) < 4.78 is 10.8. The number of nitrogens with zero attached hydrogens (tertiary/aromatic N) is 1. The van der Waals surface area contributed by atoms with Gasteiger partial charge < -0.3 is 19.1 Å². The van der Waals surface area contributed by atoms with Crippen molar-refractivity contribution in [3.05, 3.63) is 84.2 Å². The van der Waals surface area contributed by atoms with E-state index in [1.165, 1.54) is 11.2 Å². The van der Waals surface area contributed by atoms with Crippen LogP contribution in [0.25, 0.3) is 0 Å². The average molecular weight is 392 g/mol. The van der Waals surface area contributed by atoms with Gasteiger partial charge in [-0.3, -0.25) is 9.59 Å². The summed E-state index contributed by atoms with van der Waals surface area (Å²) in [4.78, 5) is 28.2. The van der Waals surface area contributed by atoms with Gasteiger partial charge in [0.05, 0.1) is 19.1 Å². The number of carbonyl (C=O) groups is 2. The predicted octanol–water partition coefficient (Wildman–Crippen LogP) is 4.32. The molecule has 1 aliphatic carbocycles. The van der Waals surface area contributed by atoms with Crippen molar-refractivity contribution in [1.82, 2.24) is 10.2 Å². The molecule has 0 aliphatic heterocycles. The van der Waals surface area contributed by atoms with Gasteiger partial charge in [0, 0.05) is 6.04 Å². The number of amides is 2. The van der Waals surface area contributed by atoms with E-state index < -0.39 is 6.04 Å². The maximum Gasteiger partial charge on any atom is 0.290 e. The van der Waals surface area contributed by atoms with Gasteiger partial charge in [-0.1, -0.05) is 43.2 Å². The molecule has 2 aromatic heterocycles. The number of carbonyl (C=O) groups excluding carboxylic acids is 2. The molecule has 1 aliphatic rings. The minimum Gasteiger partial charge on any atom is -0.467 e. The molecule has 6 nitrogen and oxygen atoms in total. The van der Waals surface area contributed by atoms with Crippen LogP contribution in [0.2, 0.25) is 0 Å². The van der Waals surface area contributed by atoms with E-state index in [1.54, 1.807) is 30.5 Å². The lowest BCUT2D eigenvalue weighted by Gasteiger charge is -2.31.